The number of nitrogens with zero attached hydrogens (tertiary/aromatic N) is 3. The van der Waals surface area contributed by atoms with Crippen molar-refractivity contribution < 1.29 is 14.3 Å². The Balaban J connectivity index is 1.77. The normalized spacial score (nSPS) is 21.4. The fraction of sp³-hybridized carbons (Fsp3) is 0.308. The zero-order valence-corrected chi connectivity index (χ0v) is 11.8. The number of aromatic nitrogens is 3. The number of carbonyl (C=O) groups excluding carboxylic acids is 1. The lowest BCUT2D eigenvalue weighted by Crippen LogP contribution is -2.42. The Morgan fingerprint density at radius 1 is 1.52 bits per heavy atom. The molecule has 1 atom stereocenters. The molecule has 1 saturated heterocycles. The maximum atomic E-state index is 13.6. The van der Waals surface area contributed by atoms with Crippen LogP contribution in [0.15, 0.2) is 30.6 Å². The zero-order valence-electron chi connectivity index (χ0n) is 11.0. The molecule has 110 valence electrons. The Morgan fingerprint density at radius 3 is 3.10 bits per heavy atom. The van der Waals surface area contributed by atoms with E-state index in [9.17, 15) is 14.3 Å². The van der Waals surface area contributed by atoms with Gasteiger partial charge in [-0.3, -0.25) is 4.79 Å². The summed E-state index contributed by atoms with van der Waals surface area (Å²) in [6, 6.07) is 4.29. The van der Waals surface area contributed by atoms with Gasteiger partial charge >= 0.3 is 0 Å². The second-order valence-corrected chi connectivity index (χ2v) is 5.85. The number of hydrogen-bond acceptors (Lipinski definition) is 5. The molecule has 0 aromatic carbocycles. The number of amides is 1. The van der Waals surface area contributed by atoms with Gasteiger partial charge < -0.3 is 10.4 Å². The van der Waals surface area contributed by atoms with Gasteiger partial charge in [-0.2, -0.15) is 11.8 Å². The molecule has 2 aromatic rings. The number of thioether (sulfide) groups is 1. The number of halogens is 1. The van der Waals surface area contributed by atoms with Crippen LogP contribution in [0.4, 0.5) is 10.2 Å². The highest BCUT2D eigenvalue weighted by Gasteiger charge is 2.39. The van der Waals surface area contributed by atoms with Crippen LogP contribution < -0.4 is 5.32 Å². The van der Waals surface area contributed by atoms with Gasteiger partial charge in [0.25, 0.3) is 5.91 Å². The molecule has 0 saturated carbocycles. The van der Waals surface area contributed by atoms with Gasteiger partial charge in [-0.1, -0.05) is 0 Å². The third-order valence-corrected chi connectivity index (χ3v) is 4.38. The maximum absolute atomic E-state index is 13.6. The fourth-order valence-corrected chi connectivity index (χ4v) is 3.26. The molecule has 2 N–H and O–H groups in total. The van der Waals surface area contributed by atoms with Gasteiger partial charge in [-0.15, -0.1) is 5.10 Å². The highest BCUT2D eigenvalue weighted by atomic mass is 32.2. The molecule has 0 spiro atoms. The van der Waals surface area contributed by atoms with Crippen molar-refractivity contribution in [2.75, 3.05) is 16.8 Å². The second-order valence-electron chi connectivity index (χ2n) is 4.74. The van der Waals surface area contributed by atoms with Gasteiger partial charge in [-0.25, -0.2) is 14.1 Å². The molecule has 1 aliphatic rings. The number of aliphatic hydroxyl groups is 1. The SMILES string of the molecule is O=C(Nc1ccn(-c2ncccc2F)n1)C1(O)CCSC1. The molecule has 0 radical (unpaired) electrons. The Kier molecular flexibility index (Phi) is 3.64. The lowest BCUT2D eigenvalue weighted by atomic mass is 10.0. The average molecular weight is 308 g/mol. The van der Waals surface area contributed by atoms with Crippen LogP contribution in [0.25, 0.3) is 5.82 Å². The van der Waals surface area contributed by atoms with Crippen molar-refractivity contribution in [3.8, 4) is 5.82 Å². The highest BCUT2D eigenvalue weighted by Crippen LogP contribution is 2.28. The molecule has 0 aliphatic carbocycles. The molecule has 0 bridgehead atoms. The smallest absolute Gasteiger partial charge is 0.258 e. The largest absolute Gasteiger partial charge is 0.379 e. The minimum absolute atomic E-state index is 0.0492. The first-order valence-corrected chi connectivity index (χ1v) is 7.52. The fourth-order valence-electron chi connectivity index (χ4n) is 2.02. The van der Waals surface area contributed by atoms with Crippen LogP contribution in [-0.2, 0) is 4.79 Å². The molecule has 1 fully saturated rings. The molecule has 1 unspecified atom stereocenters. The standard InChI is InChI=1S/C13H13FN4O2S/c14-9-2-1-5-15-11(9)18-6-3-10(17-18)16-12(19)13(20)4-7-21-8-13/h1-3,5-6,20H,4,7-8H2,(H,16,17,19). The molecule has 2 aromatic heterocycles. The summed E-state index contributed by atoms with van der Waals surface area (Å²) in [5.41, 5.74) is -1.36. The summed E-state index contributed by atoms with van der Waals surface area (Å²) in [4.78, 5) is 15.9. The van der Waals surface area contributed by atoms with Crippen molar-refractivity contribution in [3.05, 3.63) is 36.4 Å². The van der Waals surface area contributed by atoms with Crippen LogP contribution in [0.5, 0.6) is 0 Å². The van der Waals surface area contributed by atoms with E-state index in [0.717, 1.165) is 5.75 Å². The van der Waals surface area contributed by atoms with E-state index in [2.05, 4.69) is 15.4 Å². The number of rotatable bonds is 3. The first-order valence-electron chi connectivity index (χ1n) is 6.37. The lowest BCUT2D eigenvalue weighted by Gasteiger charge is -2.19. The topological polar surface area (TPSA) is 80.0 Å². The monoisotopic (exact) mass is 308 g/mol. The van der Waals surface area contributed by atoms with Gasteiger partial charge in [0.2, 0.25) is 0 Å². The first-order chi connectivity index (χ1) is 10.1. The van der Waals surface area contributed by atoms with Gasteiger partial charge in [0, 0.05) is 24.2 Å². The predicted molar refractivity (Wildman–Crippen MR) is 76.8 cm³/mol. The van der Waals surface area contributed by atoms with Crippen molar-refractivity contribution in [1.29, 1.82) is 0 Å². The summed E-state index contributed by atoms with van der Waals surface area (Å²) >= 11 is 1.53. The van der Waals surface area contributed by atoms with E-state index in [1.54, 1.807) is 0 Å². The van der Waals surface area contributed by atoms with E-state index in [1.165, 1.54) is 47.0 Å². The summed E-state index contributed by atoms with van der Waals surface area (Å²) in [6.07, 6.45) is 3.37. The molecule has 21 heavy (non-hydrogen) atoms. The van der Waals surface area contributed by atoms with Crippen LogP contribution in [0, 0.1) is 5.82 Å². The molecule has 6 nitrogen and oxygen atoms in total. The van der Waals surface area contributed by atoms with Crippen molar-refractivity contribution in [2.24, 2.45) is 0 Å². The number of pyridine rings is 1. The average Bonchev–Trinajstić information content (AvgIpc) is 3.09. The van der Waals surface area contributed by atoms with Gasteiger partial charge in [0.1, 0.15) is 0 Å². The summed E-state index contributed by atoms with van der Waals surface area (Å²) in [5.74, 6) is 0.415. The Bertz CT molecular complexity index is 670. The van der Waals surface area contributed by atoms with E-state index in [4.69, 9.17) is 0 Å². The number of nitrogens with one attached hydrogen (secondary N) is 1. The number of carbonyl (C=O) groups is 1. The van der Waals surface area contributed by atoms with Crippen LogP contribution in [0.3, 0.4) is 0 Å². The molecular formula is C13H13FN4O2S. The minimum atomic E-state index is -1.36. The van der Waals surface area contributed by atoms with Crippen molar-refractivity contribution >= 4 is 23.5 Å². The molecule has 1 amide bonds. The van der Waals surface area contributed by atoms with E-state index in [-0.39, 0.29) is 11.6 Å². The Labute approximate surface area is 124 Å². The van der Waals surface area contributed by atoms with Crippen LogP contribution in [0.2, 0.25) is 0 Å². The predicted octanol–water partition coefficient (Wildman–Crippen LogP) is 1.21. The molecule has 1 aliphatic heterocycles. The molecule has 3 heterocycles. The third kappa shape index (κ3) is 2.77. The number of anilines is 1. The van der Waals surface area contributed by atoms with Crippen molar-refractivity contribution in [2.45, 2.75) is 12.0 Å². The third-order valence-electron chi connectivity index (χ3n) is 3.21. The molecule has 3 rings (SSSR count). The summed E-state index contributed by atoms with van der Waals surface area (Å²) in [6.45, 7) is 0. The molecular weight excluding hydrogens is 295 g/mol. The first kappa shape index (κ1) is 14.0. The zero-order chi connectivity index (χ0) is 14.9. The highest BCUT2D eigenvalue weighted by molar-refractivity contribution is 7.99. The van der Waals surface area contributed by atoms with Gasteiger partial charge in [-0.05, 0) is 24.3 Å². The van der Waals surface area contributed by atoms with E-state index >= 15 is 0 Å². The van der Waals surface area contributed by atoms with Gasteiger partial charge in [0.05, 0.1) is 0 Å². The quantitative estimate of drug-likeness (QED) is 0.891. The van der Waals surface area contributed by atoms with Crippen LogP contribution in [-0.4, -0.2) is 42.9 Å². The van der Waals surface area contributed by atoms with Gasteiger partial charge in [0.15, 0.2) is 23.1 Å². The summed E-state index contributed by atoms with van der Waals surface area (Å²) < 4.78 is 14.8. The maximum Gasteiger partial charge on any atom is 0.258 e. The Hall–Kier alpha value is -1.93. The molecule has 8 heteroatoms. The lowest BCUT2D eigenvalue weighted by molar-refractivity contribution is -0.131. The van der Waals surface area contributed by atoms with E-state index < -0.39 is 17.3 Å². The Morgan fingerprint density at radius 2 is 2.38 bits per heavy atom. The second kappa shape index (κ2) is 5.45. The summed E-state index contributed by atoms with van der Waals surface area (Å²) in [5, 5.41) is 16.7. The van der Waals surface area contributed by atoms with E-state index in [1.807, 2.05) is 0 Å². The van der Waals surface area contributed by atoms with Crippen molar-refractivity contribution in [1.82, 2.24) is 14.8 Å². The number of hydrogen-bond donors (Lipinski definition) is 2. The minimum Gasteiger partial charge on any atom is -0.379 e. The van der Waals surface area contributed by atoms with Crippen LogP contribution in [0.1, 0.15) is 6.42 Å². The summed E-state index contributed by atoms with van der Waals surface area (Å²) in [7, 11) is 0. The van der Waals surface area contributed by atoms with E-state index in [0.29, 0.717) is 12.2 Å². The van der Waals surface area contributed by atoms with Crippen LogP contribution >= 0.6 is 11.8 Å². The van der Waals surface area contributed by atoms with Crippen molar-refractivity contribution in [3.63, 3.8) is 0 Å².